The maximum atomic E-state index is 12.6. The van der Waals surface area contributed by atoms with Crippen molar-refractivity contribution in [1.82, 2.24) is 4.90 Å². The van der Waals surface area contributed by atoms with Crippen LogP contribution in [-0.4, -0.2) is 55.2 Å². The first-order valence-corrected chi connectivity index (χ1v) is 9.26. The van der Waals surface area contributed by atoms with Crippen molar-refractivity contribution in [3.05, 3.63) is 23.8 Å². The first kappa shape index (κ1) is 17.2. The Labute approximate surface area is 154 Å². The summed E-state index contributed by atoms with van der Waals surface area (Å²) >= 11 is 0. The number of nitrogens with zero attached hydrogens (tertiary/aromatic N) is 3. The summed E-state index contributed by atoms with van der Waals surface area (Å²) in [6.07, 6.45) is 0.581. The van der Waals surface area contributed by atoms with E-state index >= 15 is 0 Å². The molecule has 0 radical (unpaired) electrons. The molecule has 1 saturated heterocycles. The van der Waals surface area contributed by atoms with Crippen molar-refractivity contribution in [1.29, 1.82) is 0 Å². The van der Waals surface area contributed by atoms with Gasteiger partial charge in [0.25, 0.3) is 0 Å². The van der Waals surface area contributed by atoms with Gasteiger partial charge < -0.3 is 19.4 Å². The van der Waals surface area contributed by atoms with Crippen LogP contribution in [0.2, 0.25) is 0 Å². The second-order valence-corrected chi connectivity index (χ2v) is 8.88. The molecule has 26 heavy (non-hydrogen) atoms. The van der Waals surface area contributed by atoms with Crippen LogP contribution in [0.4, 0.5) is 16.2 Å². The number of amides is 2. The molecule has 0 aromatic heterocycles. The summed E-state index contributed by atoms with van der Waals surface area (Å²) in [6.45, 7) is 9.56. The average molecular weight is 357 g/mol. The van der Waals surface area contributed by atoms with Crippen molar-refractivity contribution >= 4 is 23.4 Å². The van der Waals surface area contributed by atoms with E-state index in [1.54, 1.807) is 4.90 Å². The number of anilines is 2. The Bertz CT molecular complexity index is 785. The van der Waals surface area contributed by atoms with Gasteiger partial charge in [-0.05, 0) is 38.8 Å². The quantitative estimate of drug-likeness (QED) is 0.716. The van der Waals surface area contributed by atoms with Gasteiger partial charge in [0.05, 0.1) is 17.9 Å². The summed E-state index contributed by atoms with van der Waals surface area (Å²) in [6, 6.07) is 6.40. The molecule has 3 heterocycles. The SMILES string of the molecule is CN1C(=O)CN2c3c1cccc3C1(C)CN(C(=O)OC(C)(C)C)CCC21. The number of hydrogen-bond acceptors (Lipinski definition) is 4. The van der Waals surface area contributed by atoms with E-state index in [9.17, 15) is 9.59 Å². The summed E-state index contributed by atoms with van der Waals surface area (Å²) in [5, 5.41) is 0. The minimum Gasteiger partial charge on any atom is -0.444 e. The molecule has 2 amide bonds. The molecule has 3 aliphatic rings. The van der Waals surface area contributed by atoms with Crippen LogP contribution < -0.4 is 9.80 Å². The zero-order valence-electron chi connectivity index (χ0n) is 16.2. The van der Waals surface area contributed by atoms with Gasteiger partial charge in [-0.2, -0.15) is 0 Å². The lowest BCUT2D eigenvalue weighted by atomic mass is 9.74. The first-order chi connectivity index (χ1) is 12.1. The number of carbonyl (C=O) groups is 2. The Kier molecular flexibility index (Phi) is 3.56. The number of rotatable bonds is 0. The largest absolute Gasteiger partial charge is 0.444 e. The lowest BCUT2D eigenvalue weighted by Crippen LogP contribution is -2.58. The highest BCUT2D eigenvalue weighted by molar-refractivity contribution is 6.04. The molecule has 6 heteroatoms. The van der Waals surface area contributed by atoms with E-state index in [0.717, 1.165) is 17.8 Å². The van der Waals surface area contributed by atoms with Crippen LogP contribution in [0.1, 0.15) is 39.7 Å². The van der Waals surface area contributed by atoms with E-state index in [2.05, 4.69) is 17.9 Å². The Balaban J connectivity index is 1.70. The fourth-order valence-corrected chi connectivity index (χ4v) is 4.72. The molecular weight excluding hydrogens is 330 g/mol. The third-order valence-electron chi connectivity index (χ3n) is 5.91. The Morgan fingerprint density at radius 2 is 2.04 bits per heavy atom. The van der Waals surface area contributed by atoms with Gasteiger partial charge in [-0.25, -0.2) is 4.79 Å². The topological polar surface area (TPSA) is 53.1 Å². The predicted molar refractivity (Wildman–Crippen MR) is 101 cm³/mol. The lowest BCUT2D eigenvalue weighted by Gasteiger charge is -2.45. The predicted octanol–water partition coefficient (Wildman–Crippen LogP) is 2.75. The van der Waals surface area contributed by atoms with Gasteiger partial charge >= 0.3 is 6.09 Å². The van der Waals surface area contributed by atoms with Crippen molar-refractivity contribution in [2.45, 2.75) is 51.2 Å². The fourth-order valence-electron chi connectivity index (χ4n) is 4.72. The molecule has 1 aromatic rings. The van der Waals surface area contributed by atoms with E-state index in [0.29, 0.717) is 19.6 Å². The lowest BCUT2D eigenvalue weighted by molar-refractivity contribution is -0.117. The number of piperidine rings is 1. The van der Waals surface area contributed by atoms with Crippen LogP contribution in [0.25, 0.3) is 0 Å². The molecule has 6 nitrogen and oxygen atoms in total. The molecule has 140 valence electrons. The van der Waals surface area contributed by atoms with Crippen molar-refractivity contribution in [2.75, 3.05) is 36.5 Å². The first-order valence-electron chi connectivity index (χ1n) is 9.26. The highest BCUT2D eigenvalue weighted by Crippen LogP contribution is 2.53. The van der Waals surface area contributed by atoms with Crippen LogP contribution >= 0.6 is 0 Å². The van der Waals surface area contributed by atoms with Crippen LogP contribution in [0, 0.1) is 0 Å². The third-order valence-corrected chi connectivity index (χ3v) is 5.91. The number of ether oxygens (including phenoxy) is 1. The smallest absolute Gasteiger partial charge is 0.410 e. The Morgan fingerprint density at radius 3 is 2.73 bits per heavy atom. The van der Waals surface area contributed by atoms with Gasteiger partial charge in [0.15, 0.2) is 0 Å². The maximum Gasteiger partial charge on any atom is 0.410 e. The van der Waals surface area contributed by atoms with Crippen molar-refractivity contribution in [3.8, 4) is 0 Å². The summed E-state index contributed by atoms with van der Waals surface area (Å²) in [4.78, 5) is 30.9. The van der Waals surface area contributed by atoms with Gasteiger partial charge in [-0.15, -0.1) is 0 Å². The zero-order valence-corrected chi connectivity index (χ0v) is 16.2. The molecule has 3 aliphatic heterocycles. The van der Waals surface area contributed by atoms with E-state index in [1.807, 2.05) is 44.9 Å². The Hall–Kier alpha value is -2.24. The van der Waals surface area contributed by atoms with E-state index < -0.39 is 5.60 Å². The minimum atomic E-state index is -0.500. The molecule has 0 aliphatic carbocycles. The van der Waals surface area contributed by atoms with Crippen LogP contribution in [0.5, 0.6) is 0 Å². The molecule has 0 N–H and O–H groups in total. The molecule has 0 bridgehead atoms. The maximum absolute atomic E-state index is 12.6. The normalized spacial score (nSPS) is 27.3. The average Bonchev–Trinajstić information content (AvgIpc) is 2.80. The number of likely N-dealkylation sites (N-methyl/N-ethyl adjacent to an activating group) is 1. The van der Waals surface area contributed by atoms with Gasteiger partial charge in [-0.3, -0.25) is 4.79 Å². The number of fused-ring (bicyclic) bond motifs is 3. The standard InChI is InChI=1S/C20H27N3O3/c1-19(2,3)26-18(25)22-10-9-15-20(4,12-22)13-7-6-8-14-17(13)23(15)11-16(24)21(14)5/h6-8,15H,9-12H2,1-5H3. The summed E-state index contributed by atoms with van der Waals surface area (Å²) in [7, 11) is 1.84. The molecule has 1 aromatic carbocycles. The number of para-hydroxylation sites is 1. The van der Waals surface area contributed by atoms with Crippen molar-refractivity contribution < 1.29 is 14.3 Å². The fraction of sp³-hybridized carbons (Fsp3) is 0.600. The molecule has 0 saturated carbocycles. The molecule has 2 unspecified atom stereocenters. The number of benzene rings is 1. The van der Waals surface area contributed by atoms with E-state index in [4.69, 9.17) is 4.74 Å². The second kappa shape index (κ2) is 5.38. The van der Waals surface area contributed by atoms with Crippen LogP contribution in [-0.2, 0) is 14.9 Å². The van der Waals surface area contributed by atoms with Gasteiger partial charge in [0.1, 0.15) is 5.60 Å². The van der Waals surface area contributed by atoms with E-state index in [1.165, 1.54) is 5.56 Å². The van der Waals surface area contributed by atoms with Crippen LogP contribution in [0.15, 0.2) is 18.2 Å². The molecule has 0 spiro atoms. The monoisotopic (exact) mass is 357 g/mol. The zero-order chi connectivity index (χ0) is 18.9. The number of hydrogen-bond donors (Lipinski definition) is 0. The number of likely N-dealkylation sites (tertiary alicyclic amines) is 1. The molecule has 4 rings (SSSR count). The molecule has 2 atom stereocenters. The molecular formula is C20H27N3O3. The minimum absolute atomic E-state index is 0.119. The third kappa shape index (κ3) is 2.38. The summed E-state index contributed by atoms with van der Waals surface area (Å²) < 4.78 is 5.59. The van der Waals surface area contributed by atoms with Gasteiger partial charge in [-0.1, -0.05) is 19.1 Å². The van der Waals surface area contributed by atoms with E-state index in [-0.39, 0.29) is 23.5 Å². The van der Waals surface area contributed by atoms with Crippen molar-refractivity contribution in [3.63, 3.8) is 0 Å². The highest BCUT2D eigenvalue weighted by Gasteiger charge is 2.54. The number of carbonyl (C=O) groups excluding carboxylic acids is 2. The van der Waals surface area contributed by atoms with Gasteiger partial charge in [0, 0.05) is 31.6 Å². The second-order valence-electron chi connectivity index (χ2n) is 8.88. The van der Waals surface area contributed by atoms with Crippen LogP contribution in [0.3, 0.4) is 0 Å². The Morgan fingerprint density at radius 1 is 1.31 bits per heavy atom. The van der Waals surface area contributed by atoms with Crippen molar-refractivity contribution in [2.24, 2.45) is 0 Å². The summed E-state index contributed by atoms with van der Waals surface area (Å²) in [5.74, 6) is 0.119. The molecule has 1 fully saturated rings. The highest BCUT2D eigenvalue weighted by atomic mass is 16.6. The van der Waals surface area contributed by atoms with Gasteiger partial charge in [0.2, 0.25) is 5.91 Å². The summed E-state index contributed by atoms with van der Waals surface area (Å²) in [5.41, 5.74) is 2.66.